The second kappa shape index (κ2) is 10.6. The average molecular weight is 336 g/mol. The monoisotopic (exact) mass is 336 g/mol. The zero-order valence-corrected chi connectivity index (χ0v) is 14.9. The van der Waals surface area contributed by atoms with Crippen molar-refractivity contribution in [2.75, 3.05) is 13.2 Å². The number of amides is 2. The highest BCUT2D eigenvalue weighted by atomic mass is 16.5. The van der Waals surface area contributed by atoms with E-state index < -0.39 is 11.8 Å². The molecule has 24 heavy (non-hydrogen) atoms. The van der Waals surface area contributed by atoms with Crippen molar-refractivity contribution in [2.24, 2.45) is 0 Å². The van der Waals surface area contributed by atoms with Crippen LogP contribution < -0.4 is 15.4 Å². The van der Waals surface area contributed by atoms with Gasteiger partial charge in [0.05, 0.1) is 12.2 Å². The molecule has 134 valence electrons. The van der Waals surface area contributed by atoms with Crippen molar-refractivity contribution in [1.29, 1.82) is 0 Å². The lowest BCUT2D eigenvalue weighted by Gasteiger charge is -2.14. The number of ether oxygens (including phenoxy) is 2. The molecule has 0 heterocycles. The van der Waals surface area contributed by atoms with Gasteiger partial charge in [0.25, 0.3) is 0 Å². The molecule has 0 aromatic heterocycles. The summed E-state index contributed by atoms with van der Waals surface area (Å²) in [5.41, 5.74) is 0.831. The third kappa shape index (κ3) is 7.97. The fraction of sp³-hybridized carbons (Fsp3) is 0.556. The maximum atomic E-state index is 11.8. The van der Waals surface area contributed by atoms with Gasteiger partial charge < -0.3 is 20.1 Å². The SMILES string of the molecule is CC(C)OCCCNC(=O)C(=O)NCc1ccccc1OC(C)C. The van der Waals surface area contributed by atoms with Gasteiger partial charge in [0, 0.05) is 25.3 Å². The molecule has 0 radical (unpaired) electrons. The Morgan fingerprint density at radius 3 is 2.33 bits per heavy atom. The molecule has 1 rings (SSSR count). The first-order chi connectivity index (χ1) is 11.4. The van der Waals surface area contributed by atoms with Gasteiger partial charge in [-0.05, 0) is 40.2 Å². The molecule has 0 bridgehead atoms. The van der Waals surface area contributed by atoms with E-state index in [1.54, 1.807) is 0 Å². The van der Waals surface area contributed by atoms with Gasteiger partial charge in [-0.15, -0.1) is 0 Å². The summed E-state index contributed by atoms with van der Waals surface area (Å²) >= 11 is 0. The number of rotatable bonds is 9. The zero-order chi connectivity index (χ0) is 17.9. The Kier molecular flexibility index (Phi) is 8.86. The number of carbonyl (C=O) groups excluding carboxylic acids is 2. The summed E-state index contributed by atoms with van der Waals surface area (Å²) in [6.07, 6.45) is 0.873. The molecule has 0 atom stereocenters. The van der Waals surface area contributed by atoms with Crippen LogP contribution in [0.5, 0.6) is 5.75 Å². The van der Waals surface area contributed by atoms with E-state index in [1.165, 1.54) is 0 Å². The van der Waals surface area contributed by atoms with Gasteiger partial charge in [0.1, 0.15) is 5.75 Å². The molecule has 6 nitrogen and oxygen atoms in total. The smallest absolute Gasteiger partial charge is 0.309 e. The number of hydrogen-bond acceptors (Lipinski definition) is 4. The van der Waals surface area contributed by atoms with Crippen LogP contribution >= 0.6 is 0 Å². The Labute approximate surface area is 143 Å². The van der Waals surface area contributed by atoms with Crippen LogP contribution in [0.15, 0.2) is 24.3 Å². The number of nitrogens with one attached hydrogen (secondary N) is 2. The van der Waals surface area contributed by atoms with Gasteiger partial charge >= 0.3 is 11.8 Å². The van der Waals surface area contributed by atoms with Gasteiger partial charge in [0.2, 0.25) is 0 Å². The van der Waals surface area contributed by atoms with Gasteiger partial charge in [-0.25, -0.2) is 0 Å². The van der Waals surface area contributed by atoms with E-state index in [4.69, 9.17) is 9.47 Å². The molecule has 0 spiro atoms. The predicted octanol–water partition coefficient (Wildman–Crippen LogP) is 2.02. The number of benzene rings is 1. The quantitative estimate of drug-likeness (QED) is 0.534. The van der Waals surface area contributed by atoms with Crippen LogP contribution in [0.1, 0.15) is 39.7 Å². The number of para-hydroxylation sites is 1. The third-order valence-electron chi connectivity index (χ3n) is 3.04. The fourth-order valence-corrected chi connectivity index (χ4v) is 1.95. The van der Waals surface area contributed by atoms with E-state index in [9.17, 15) is 9.59 Å². The topological polar surface area (TPSA) is 76.7 Å². The van der Waals surface area contributed by atoms with Crippen LogP contribution in [0.2, 0.25) is 0 Å². The lowest BCUT2D eigenvalue weighted by molar-refractivity contribution is -0.139. The Morgan fingerprint density at radius 2 is 1.67 bits per heavy atom. The molecular weight excluding hydrogens is 308 g/mol. The van der Waals surface area contributed by atoms with E-state index in [0.29, 0.717) is 25.3 Å². The van der Waals surface area contributed by atoms with Crippen molar-refractivity contribution in [2.45, 2.75) is 52.9 Å². The summed E-state index contributed by atoms with van der Waals surface area (Å²) < 4.78 is 11.1. The summed E-state index contributed by atoms with van der Waals surface area (Å²) in [6, 6.07) is 7.44. The van der Waals surface area contributed by atoms with Crippen LogP contribution in [0.3, 0.4) is 0 Å². The Morgan fingerprint density at radius 1 is 1.00 bits per heavy atom. The minimum Gasteiger partial charge on any atom is -0.491 e. The second-order valence-electron chi connectivity index (χ2n) is 5.99. The Bertz CT molecular complexity index is 530. The van der Waals surface area contributed by atoms with Crippen LogP contribution in [-0.4, -0.2) is 37.2 Å². The third-order valence-corrected chi connectivity index (χ3v) is 3.04. The summed E-state index contributed by atoms with van der Waals surface area (Å²) in [4.78, 5) is 23.6. The van der Waals surface area contributed by atoms with Gasteiger partial charge in [-0.3, -0.25) is 9.59 Å². The summed E-state index contributed by atoms with van der Waals surface area (Å²) in [6.45, 7) is 8.98. The first-order valence-electron chi connectivity index (χ1n) is 8.32. The summed E-state index contributed by atoms with van der Waals surface area (Å²) in [7, 11) is 0. The first-order valence-corrected chi connectivity index (χ1v) is 8.32. The highest BCUT2D eigenvalue weighted by Crippen LogP contribution is 2.18. The van der Waals surface area contributed by atoms with Crippen LogP contribution in [0.4, 0.5) is 0 Å². The molecule has 0 saturated carbocycles. The van der Waals surface area contributed by atoms with Crippen molar-refractivity contribution < 1.29 is 19.1 Å². The van der Waals surface area contributed by atoms with Crippen molar-refractivity contribution in [3.63, 3.8) is 0 Å². The number of carbonyl (C=O) groups is 2. The minimum atomic E-state index is -0.654. The Balaban J connectivity index is 2.36. The van der Waals surface area contributed by atoms with Crippen molar-refractivity contribution in [3.8, 4) is 5.75 Å². The largest absolute Gasteiger partial charge is 0.491 e. The van der Waals surface area contributed by atoms with Gasteiger partial charge in [-0.1, -0.05) is 18.2 Å². The fourth-order valence-electron chi connectivity index (χ4n) is 1.95. The molecule has 0 aliphatic heterocycles. The van der Waals surface area contributed by atoms with Crippen molar-refractivity contribution in [1.82, 2.24) is 10.6 Å². The molecule has 1 aromatic carbocycles. The predicted molar refractivity (Wildman–Crippen MR) is 92.8 cm³/mol. The molecule has 2 N–H and O–H groups in total. The average Bonchev–Trinajstić information content (AvgIpc) is 2.52. The molecule has 2 amide bonds. The van der Waals surface area contributed by atoms with Crippen LogP contribution in [0.25, 0.3) is 0 Å². The zero-order valence-electron chi connectivity index (χ0n) is 14.9. The highest BCUT2D eigenvalue weighted by molar-refractivity contribution is 6.35. The lowest BCUT2D eigenvalue weighted by Crippen LogP contribution is -2.40. The Hall–Kier alpha value is -2.08. The minimum absolute atomic E-state index is 0.0400. The van der Waals surface area contributed by atoms with Gasteiger partial charge in [-0.2, -0.15) is 0 Å². The standard InChI is InChI=1S/C18H28N2O4/c1-13(2)23-11-7-10-19-17(21)18(22)20-12-15-8-5-6-9-16(15)24-14(3)4/h5-6,8-9,13-14H,7,10-12H2,1-4H3,(H,19,21)(H,20,22). The van der Waals surface area contributed by atoms with Crippen molar-refractivity contribution >= 4 is 11.8 Å². The van der Waals surface area contributed by atoms with E-state index in [1.807, 2.05) is 52.0 Å². The van der Waals surface area contributed by atoms with E-state index in [2.05, 4.69) is 10.6 Å². The summed E-state index contributed by atoms with van der Waals surface area (Å²) in [5, 5.41) is 5.19. The number of hydrogen-bond donors (Lipinski definition) is 2. The molecule has 0 aliphatic carbocycles. The molecule has 6 heteroatoms. The van der Waals surface area contributed by atoms with E-state index in [-0.39, 0.29) is 18.8 Å². The lowest BCUT2D eigenvalue weighted by atomic mass is 10.2. The second-order valence-corrected chi connectivity index (χ2v) is 5.99. The normalized spacial score (nSPS) is 10.8. The van der Waals surface area contributed by atoms with E-state index in [0.717, 1.165) is 5.56 Å². The molecular formula is C18H28N2O4. The van der Waals surface area contributed by atoms with E-state index >= 15 is 0 Å². The maximum absolute atomic E-state index is 11.8. The first kappa shape index (κ1) is 20.0. The molecule has 0 aliphatic rings. The molecule has 0 fully saturated rings. The summed E-state index contributed by atoms with van der Waals surface area (Å²) in [5.74, 6) is -0.583. The molecule has 0 saturated heterocycles. The molecule has 1 aromatic rings. The molecule has 0 unspecified atom stereocenters. The van der Waals surface area contributed by atoms with Crippen molar-refractivity contribution in [3.05, 3.63) is 29.8 Å². The van der Waals surface area contributed by atoms with Gasteiger partial charge in [0.15, 0.2) is 0 Å². The van der Waals surface area contributed by atoms with Crippen LogP contribution in [-0.2, 0) is 20.9 Å². The van der Waals surface area contributed by atoms with Crippen LogP contribution in [0, 0.1) is 0 Å². The highest BCUT2D eigenvalue weighted by Gasteiger charge is 2.13. The maximum Gasteiger partial charge on any atom is 0.309 e.